The van der Waals surface area contributed by atoms with Crippen LogP contribution in [-0.4, -0.2) is 34.7 Å². The van der Waals surface area contributed by atoms with Crippen molar-refractivity contribution < 1.29 is 14.1 Å². The van der Waals surface area contributed by atoms with E-state index in [-0.39, 0.29) is 11.8 Å². The van der Waals surface area contributed by atoms with E-state index in [9.17, 15) is 4.79 Å². The van der Waals surface area contributed by atoms with Gasteiger partial charge in [-0.25, -0.2) is 4.98 Å². The number of aromatic amines is 1. The molecule has 0 saturated carbocycles. The van der Waals surface area contributed by atoms with Crippen LogP contribution in [0, 0.1) is 0 Å². The van der Waals surface area contributed by atoms with Crippen molar-refractivity contribution in [2.75, 3.05) is 13.7 Å². The number of amides is 1. The lowest BCUT2D eigenvalue weighted by atomic mass is 9.94. The molecule has 0 saturated heterocycles. The number of fused-ring (bicyclic) bond motifs is 1. The highest BCUT2D eigenvalue weighted by molar-refractivity contribution is 5.94. The van der Waals surface area contributed by atoms with E-state index in [1.807, 2.05) is 24.3 Å². The van der Waals surface area contributed by atoms with Crippen molar-refractivity contribution in [2.24, 2.45) is 0 Å². The SMILES string of the molecule is CCCc1cc(-c2nc3c([nH]2)CC(c2cccc(OC)c2)CNC3=O)on1. The number of nitrogens with one attached hydrogen (secondary N) is 2. The third-order valence-electron chi connectivity index (χ3n) is 4.82. The molecule has 2 N–H and O–H groups in total. The van der Waals surface area contributed by atoms with Gasteiger partial charge in [0.25, 0.3) is 5.91 Å². The topological polar surface area (TPSA) is 93.0 Å². The molecule has 7 heteroatoms. The van der Waals surface area contributed by atoms with Crippen LogP contribution in [0.4, 0.5) is 0 Å². The first kappa shape index (κ1) is 17.3. The van der Waals surface area contributed by atoms with Crippen LogP contribution in [0.5, 0.6) is 5.75 Å². The highest BCUT2D eigenvalue weighted by Gasteiger charge is 2.27. The molecule has 4 rings (SSSR count). The quantitative estimate of drug-likeness (QED) is 0.724. The first-order valence-electron chi connectivity index (χ1n) is 9.15. The second-order valence-electron chi connectivity index (χ2n) is 6.73. The molecule has 0 aliphatic carbocycles. The predicted molar refractivity (Wildman–Crippen MR) is 99.9 cm³/mol. The second-order valence-corrected chi connectivity index (χ2v) is 6.73. The van der Waals surface area contributed by atoms with Gasteiger partial charge in [0.2, 0.25) is 5.76 Å². The molecule has 1 aromatic carbocycles. The Morgan fingerprint density at radius 1 is 1.33 bits per heavy atom. The zero-order valence-corrected chi connectivity index (χ0v) is 15.4. The number of aryl methyl sites for hydroxylation is 1. The zero-order chi connectivity index (χ0) is 18.8. The lowest BCUT2D eigenvalue weighted by Gasteiger charge is -2.15. The third kappa shape index (κ3) is 3.45. The Morgan fingerprint density at radius 2 is 2.22 bits per heavy atom. The minimum absolute atomic E-state index is 0.129. The number of H-pyrrole nitrogens is 1. The van der Waals surface area contributed by atoms with Gasteiger partial charge in [-0.15, -0.1) is 0 Å². The number of nitrogens with zero attached hydrogens (tertiary/aromatic N) is 2. The molecule has 1 atom stereocenters. The molecular formula is C20H22N4O3. The number of ether oxygens (including phenoxy) is 1. The van der Waals surface area contributed by atoms with Crippen molar-refractivity contribution in [2.45, 2.75) is 32.1 Å². The Hall–Kier alpha value is -3.09. The van der Waals surface area contributed by atoms with Crippen molar-refractivity contribution in [3.63, 3.8) is 0 Å². The average molecular weight is 366 g/mol. The maximum atomic E-state index is 12.5. The maximum Gasteiger partial charge on any atom is 0.271 e. The molecule has 27 heavy (non-hydrogen) atoms. The summed E-state index contributed by atoms with van der Waals surface area (Å²) < 4.78 is 10.7. The van der Waals surface area contributed by atoms with Crippen molar-refractivity contribution >= 4 is 5.91 Å². The van der Waals surface area contributed by atoms with Gasteiger partial charge in [-0.2, -0.15) is 0 Å². The van der Waals surface area contributed by atoms with E-state index in [1.165, 1.54) is 0 Å². The van der Waals surface area contributed by atoms with Gasteiger partial charge in [-0.05, 0) is 30.5 Å². The number of aromatic nitrogens is 3. The molecule has 1 aliphatic rings. The molecule has 0 radical (unpaired) electrons. The molecular weight excluding hydrogens is 344 g/mol. The Labute approximate surface area is 157 Å². The van der Waals surface area contributed by atoms with E-state index in [0.29, 0.717) is 30.2 Å². The van der Waals surface area contributed by atoms with Crippen LogP contribution in [-0.2, 0) is 12.8 Å². The van der Waals surface area contributed by atoms with Gasteiger partial charge < -0.3 is 19.6 Å². The van der Waals surface area contributed by atoms with Gasteiger partial charge in [-0.1, -0.05) is 30.6 Å². The summed E-state index contributed by atoms with van der Waals surface area (Å²) in [4.78, 5) is 20.2. The molecule has 1 amide bonds. The summed E-state index contributed by atoms with van der Waals surface area (Å²) in [6, 6.07) is 9.81. The van der Waals surface area contributed by atoms with Crippen LogP contribution >= 0.6 is 0 Å². The number of benzene rings is 1. The van der Waals surface area contributed by atoms with Crippen molar-refractivity contribution in [3.05, 3.63) is 53.0 Å². The standard InChI is InChI=1S/C20H22N4O3/c1-3-5-14-10-17(27-24-14)19-22-16-9-13(11-21-20(25)18(16)23-19)12-6-4-7-15(8-12)26-2/h4,6-8,10,13H,3,5,9,11H2,1-2H3,(H,21,25)(H,22,23). The van der Waals surface area contributed by atoms with Gasteiger partial charge in [0.1, 0.15) is 11.4 Å². The van der Waals surface area contributed by atoms with Gasteiger partial charge in [0.15, 0.2) is 5.82 Å². The fourth-order valence-electron chi connectivity index (χ4n) is 3.41. The largest absolute Gasteiger partial charge is 0.497 e. The van der Waals surface area contributed by atoms with Crippen molar-refractivity contribution in [3.8, 4) is 17.3 Å². The highest BCUT2D eigenvalue weighted by Crippen LogP contribution is 2.28. The van der Waals surface area contributed by atoms with Crippen LogP contribution in [0.3, 0.4) is 0 Å². The lowest BCUT2D eigenvalue weighted by molar-refractivity contribution is 0.0950. The first-order chi connectivity index (χ1) is 13.2. The summed E-state index contributed by atoms with van der Waals surface area (Å²) in [6.07, 6.45) is 2.51. The summed E-state index contributed by atoms with van der Waals surface area (Å²) in [5.74, 6) is 1.85. The molecule has 1 aliphatic heterocycles. The molecule has 1 unspecified atom stereocenters. The van der Waals surface area contributed by atoms with Gasteiger partial charge in [0, 0.05) is 24.2 Å². The monoisotopic (exact) mass is 366 g/mol. The number of hydrogen-bond donors (Lipinski definition) is 2. The van der Waals surface area contributed by atoms with E-state index in [0.717, 1.165) is 35.5 Å². The second kappa shape index (κ2) is 7.26. The number of carbonyl (C=O) groups excluding carboxylic acids is 1. The highest BCUT2D eigenvalue weighted by atomic mass is 16.5. The average Bonchev–Trinajstić information content (AvgIpc) is 3.29. The molecule has 2 aromatic heterocycles. The molecule has 3 aromatic rings. The summed E-state index contributed by atoms with van der Waals surface area (Å²) in [5.41, 5.74) is 3.23. The van der Waals surface area contributed by atoms with Crippen LogP contribution in [0.15, 0.2) is 34.9 Å². The molecule has 7 nitrogen and oxygen atoms in total. The van der Waals surface area contributed by atoms with E-state index >= 15 is 0 Å². The smallest absolute Gasteiger partial charge is 0.271 e. The van der Waals surface area contributed by atoms with Crippen molar-refractivity contribution in [1.29, 1.82) is 0 Å². The van der Waals surface area contributed by atoms with E-state index in [4.69, 9.17) is 9.26 Å². The Bertz CT molecular complexity index is 960. The zero-order valence-electron chi connectivity index (χ0n) is 15.4. The summed E-state index contributed by atoms with van der Waals surface area (Å²) in [5, 5.41) is 7.03. The fraction of sp³-hybridized carbons (Fsp3) is 0.350. The van der Waals surface area contributed by atoms with Crippen LogP contribution in [0.1, 0.15) is 46.7 Å². The molecule has 0 bridgehead atoms. The van der Waals surface area contributed by atoms with Crippen LogP contribution < -0.4 is 10.1 Å². The molecule has 3 heterocycles. The van der Waals surface area contributed by atoms with E-state index in [2.05, 4.69) is 33.4 Å². The lowest BCUT2D eigenvalue weighted by Crippen LogP contribution is -2.26. The minimum atomic E-state index is -0.175. The summed E-state index contributed by atoms with van der Waals surface area (Å²) in [6.45, 7) is 2.64. The molecule has 0 spiro atoms. The third-order valence-corrected chi connectivity index (χ3v) is 4.82. The number of imidazole rings is 1. The van der Waals surface area contributed by atoms with Crippen LogP contribution in [0.25, 0.3) is 11.6 Å². The number of hydrogen-bond acceptors (Lipinski definition) is 5. The minimum Gasteiger partial charge on any atom is -0.497 e. The normalized spacial score (nSPS) is 16.5. The Balaban J connectivity index is 1.64. The number of rotatable bonds is 5. The number of carbonyl (C=O) groups is 1. The Morgan fingerprint density at radius 3 is 3.04 bits per heavy atom. The Kier molecular flexibility index (Phi) is 4.66. The molecule has 140 valence electrons. The van der Waals surface area contributed by atoms with Gasteiger partial charge in [0.05, 0.1) is 12.8 Å². The van der Waals surface area contributed by atoms with Crippen molar-refractivity contribution in [1.82, 2.24) is 20.4 Å². The predicted octanol–water partition coefficient (Wildman–Crippen LogP) is 3.10. The first-order valence-corrected chi connectivity index (χ1v) is 9.15. The van der Waals surface area contributed by atoms with E-state index in [1.54, 1.807) is 7.11 Å². The maximum absolute atomic E-state index is 12.5. The van der Waals surface area contributed by atoms with Gasteiger partial charge >= 0.3 is 0 Å². The van der Waals surface area contributed by atoms with Gasteiger partial charge in [-0.3, -0.25) is 4.79 Å². The number of methoxy groups -OCH3 is 1. The van der Waals surface area contributed by atoms with E-state index < -0.39 is 0 Å². The summed E-state index contributed by atoms with van der Waals surface area (Å²) in [7, 11) is 1.65. The molecule has 0 fully saturated rings. The fourth-order valence-corrected chi connectivity index (χ4v) is 3.41. The van der Waals surface area contributed by atoms with Crippen LogP contribution in [0.2, 0.25) is 0 Å². The summed E-state index contributed by atoms with van der Waals surface area (Å²) >= 11 is 0.